The second-order valence-corrected chi connectivity index (χ2v) is 6.62. The standard InChI is InChI=1S/C20H22N2O/c23-20(22-17-11-14-5-1-2-6-15(14)12-17)19-8-4-3-7-18(19)16-9-10-21-13-16/h1-8,16-17,21H,9-13H2,(H,22,23). The highest BCUT2D eigenvalue weighted by Crippen LogP contribution is 2.26. The molecule has 1 amide bonds. The number of rotatable bonds is 3. The van der Waals surface area contributed by atoms with Gasteiger partial charge in [0.1, 0.15) is 0 Å². The lowest BCUT2D eigenvalue weighted by Crippen LogP contribution is -2.36. The Balaban J connectivity index is 1.50. The molecule has 0 radical (unpaired) electrons. The molecule has 4 rings (SSSR count). The van der Waals surface area contributed by atoms with Gasteiger partial charge in [-0.3, -0.25) is 4.79 Å². The van der Waals surface area contributed by atoms with E-state index in [2.05, 4.69) is 41.0 Å². The van der Waals surface area contributed by atoms with Crippen molar-refractivity contribution in [2.75, 3.05) is 13.1 Å². The van der Waals surface area contributed by atoms with Crippen LogP contribution in [-0.4, -0.2) is 25.0 Å². The fraction of sp³-hybridized carbons (Fsp3) is 0.350. The van der Waals surface area contributed by atoms with Crippen molar-refractivity contribution in [3.63, 3.8) is 0 Å². The van der Waals surface area contributed by atoms with Crippen LogP contribution in [0.5, 0.6) is 0 Å². The second-order valence-electron chi connectivity index (χ2n) is 6.62. The van der Waals surface area contributed by atoms with Gasteiger partial charge in [0, 0.05) is 18.2 Å². The Morgan fingerprint density at radius 1 is 1.00 bits per heavy atom. The Morgan fingerprint density at radius 2 is 1.70 bits per heavy atom. The van der Waals surface area contributed by atoms with Crippen LogP contribution in [0.1, 0.15) is 39.4 Å². The van der Waals surface area contributed by atoms with Crippen LogP contribution in [0.15, 0.2) is 48.5 Å². The summed E-state index contributed by atoms with van der Waals surface area (Å²) in [5.74, 6) is 0.531. The van der Waals surface area contributed by atoms with Gasteiger partial charge in [0.05, 0.1) is 0 Å². The van der Waals surface area contributed by atoms with E-state index in [4.69, 9.17) is 0 Å². The van der Waals surface area contributed by atoms with Gasteiger partial charge in [0.15, 0.2) is 0 Å². The lowest BCUT2D eigenvalue weighted by molar-refractivity contribution is 0.0937. The number of fused-ring (bicyclic) bond motifs is 1. The van der Waals surface area contributed by atoms with Crippen molar-refractivity contribution in [2.24, 2.45) is 0 Å². The number of carbonyl (C=O) groups is 1. The third-order valence-corrected chi connectivity index (χ3v) is 5.09. The van der Waals surface area contributed by atoms with Gasteiger partial charge in [0.25, 0.3) is 5.91 Å². The highest BCUT2D eigenvalue weighted by molar-refractivity contribution is 5.96. The molecule has 0 saturated carbocycles. The molecular formula is C20H22N2O. The van der Waals surface area contributed by atoms with Crippen LogP contribution in [0, 0.1) is 0 Å². The van der Waals surface area contributed by atoms with Crippen LogP contribution in [0.4, 0.5) is 0 Å². The number of amides is 1. The minimum absolute atomic E-state index is 0.0744. The molecule has 0 spiro atoms. The molecule has 2 aromatic rings. The Hall–Kier alpha value is -2.13. The van der Waals surface area contributed by atoms with Crippen LogP contribution >= 0.6 is 0 Å². The summed E-state index contributed by atoms with van der Waals surface area (Å²) in [4.78, 5) is 12.8. The molecule has 2 aromatic carbocycles. The van der Waals surface area contributed by atoms with E-state index in [1.54, 1.807) is 0 Å². The van der Waals surface area contributed by atoms with E-state index >= 15 is 0 Å². The van der Waals surface area contributed by atoms with Gasteiger partial charge >= 0.3 is 0 Å². The molecule has 1 atom stereocenters. The first-order chi connectivity index (χ1) is 11.3. The summed E-state index contributed by atoms with van der Waals surface area (Å²) in [7, 11) is 0. The first-order valence-electron chi connectivity index (χ1n) is 8.48. The predicted octanol–water partition coefficient (Wildman–Crippen LogP) is 2.66. The van der Waals surface area contributed by atoms with Gasteiger partial charge in [-0.1, -0.05) is 42.5 Å². The summed E-state index contributed by atoms with van der Waals surface area (Å²) < 4.78 is 0. The minimum Gasteiger partial charge on any atom is -0.349 e. The average molecular weight is 306 g/mol. The maximum atomic E-state index is 12.8. The van der Waals surface area contributed by atoms with Crippen LogP contribution < -0.4 is 10.6 Å². The topological polar surface area (TPSA) is 41.1 Å². The van der Waals surface area contributed by atoms with Crippen molar-refractivity contribution in [3.05, 3.63) is 70.8 Å². The molecule has 3 nitrogen and oxygen atoms in total. The number of nitrogens with one attached hydrogen (secondary N) is 2. The summed E-state index contributed by atoms with van der Waals surface area (Å²) in [5, 5.41) is 6.64. The van der Waals surface area contributed by atoms with Crippen molar-refractivity contribution < 1.29 is 4.79 Å². The zero-order valence-electron chi connectivity index (χ0n) is 13.2. The first-order valence-corrected chi connectivity index (χ1v) is 8.48. The van der Waals surface area contributed by atoms with E-state index in [9.17, 15) is 4.79 Å². The maximum absolute atomic E-state index is 12.8. The molecule has 1 aliphatic heterocycles. The Labute approximate surface area is 137 Å². The normalized spacial score (nSPS) is 20.4. The third-order valence-electron chi connectivity index (χ3n) is 5.09. The largest absolute Gasteiger partial charge is 0.349 e. The minimum atomic E-state index is 0.0744. The van der Waals surface area contributed by atoms with Crippen molar-refractivity contribution in [3.8, 4) is 0 Å². The van der Waals surface area contributed by atoms with Gasteiger partial charge < -0.3 is 10.6 Å². The zero-order valence-corrected chi connectivity index (χ0v) is 13.2. The molecule has 2 aliphatic rings. The van der Waals surface area contributed by atoms with E-state index < -0.39 is 0 Å². The molecule has 1 saturated heterocycles. The van der Waals surface area contributed by atoms with E-state index in [1.807, 2.05) is 18.2 Å². The Kier molecular flexibility index (Phi) is 3.88. The van der Waals surface area contributed by atoms with Crippen molar-refractivity contribution in [2.45, 2.75) is 31.2 Å². The first kappa shape index (κ1) is 14.5. The molecule has 2 N–H and O–H groups in total. The quantitative estimate of drug-likeness (QED) is 0.915. The summed E-state index contributed by atoms with van der Waals surface area (Å²) in [6.45, 7) is 2.01. The van der Waals surface area contributed by atoms with Crippen molar-refractivity contribution in [1.29, 1.82) is 0 Å². The van der Waals surface area contributed by atoms with Gasteiger partial charge in [-0.25, -0.2) is 0 Å². The highest BCUT2D eigenvalue weighted by atomic mass is 16.1. The molecular weight excluding hydrogens is 284 g/mol. The summed E-state index contributed by atoms with van der Waals surface area (Å²) in [5.41, 5.74) is 4.76. The van der Waals surface area contributed by atoms with Crippen molar-refractivity contribution in [1.82, 2.24) is 10.6 Å². The van der Waals surface area contributed by atoms with Crippen LogP contribution in [0.2, 0.25) is 0 Å². The van der Waals surface area contributed by atoms with E-state index in [1.165, 1.54) is 16.7 Å². The van der Waals surface area contributed by atoms with E-state index in [0.29, 0.717) is 5.92 Å². The van der Waals surface area contributed by atoms with Crippen LogP contribution in [-0.2, 0) is 12.8 Å². The number of benzene rings is 2. The van der Waals surface area contributed by atoms with E-state index in [-0.39, 0.29) is 11.9 Å². The molecule has 0 bridgehead atoms. The van der Waals surface area contributed by atoms with Gasteiger partial charge in [-0.05, 0) is 54.5 Å². The zero-order chi connectivity index (χ0) is 15.6. The smallest absolute Gasteiger partial charge is 0.251 e. The Morgan fingerprint density at radius 3 is 2.39 bits per heavy atom. The monoisotopic (exact) mass is 306 g/mol. The average Bonchev–Trinajstić information content (AvgIpc) is 3.24. The Bertz CT molecular complexity index is 694. The third kappa shape index (κ3) is 2.89. The van der Waals surface area contributed by atoms with Gasteiger partial charge in [-0.2, -0.15) is 0 Å². The molecule has 23 heavy (non-hydrogen) atoms. The highest BCUT2D eigenvalue weighted by Gasteiger charge is 2.26. The van der Waals surface area contributed by atoms with Gasteiger partial charge in [0.2, 0.25) is 0 Å². The number of carbonyl (C=O) groups excluding carboxylic acids is 1. The second kappa shape index (κ2) is 6.17. The van der Waals surface area contributed by atoms with E-state index in [0.717, 1.165) is 37.9 Å². The molecule has 1 unspecified atom stereocenters. The SMILES string of the molecule is O=C(NC1Cc2ccccc2C1)c1ccccc1C1CCNC1. The molecule has 118 valence electrons. The number of hydrogen-bond acceptors (Lipinski definition) is 2. The molecule has 1 heterocycles. The van der Waals surface area contributed by atoms with Crippen LogP contribution in [0.25, 0.3) is 0 Å². The fourth-order valence-corrected chi connectivity index (χ4v) is 3.90. The summed E-state index contributed by atoms with van der Waals surface area (Å²) in [6.07, 6.45) is 2.99. The molecule has 0 aromatic heterocycles. The summed E-state index contributed by atoms with van der Waals surface area (Å²) in [6, 6.07) is 16.8. The maximum Gasteiger partial charge on any atom is 0.251 e. The summed E-state index contributed by atoms with van der Waals surface area (Å²) >= 11 is 0. The predicted molar refractivity (Wildman–Crippen MR) is 91.8 cm³/mol. The van der Waals surface area contributed by atoms with Crippen molar-refractivity contribution >= 4 is 5.91 Å². The molecule has 1 fully saturated rings. The lowest BCUT2D eigenvalue weighted by atomic mass is 9.93. The molecule has 3 heteroatoms. The van der Waals surface area contributed by atoms with Crippen LogP contribution in [0.3, 0.4) is 0 Å². The lowest BCUT2D eigenvalue weighted by Gasteiger charge is -2.17. The fourth-order valence-electron chi connectivity index (χ4n) is 3.90. The number of hydrogen-bond donors (Lipinski definition) is 2. The molecule has 1 aliphatic carbocycles. The van der Waals surface area contributed by atoms with Gasteiger partial charge in [-0.15, -0.1) is 0 Å².